The molecule has 5 nitrogen and oxygen atoms in total. The predicted octanol–water partition coefficient (Wildman–Crippen LogP) is -0.649. The molecule has 1 heterocycles. The molecule has 5 heteroatoms. The lowest BCUT2D eigenvalue weighted by molar-refractivity contribution is 0.00401. The lowest BCUT2D eigenvalue weighted by Crippen LogP contribution is -2.19. The second-order valence-corrected chi connectivity index (χ2v) is 3.27. The fourth-order valence-corrected chi connectivity index (χ4v) is 1.22. The number of aromatic nitrogens is 1. The minimum absolute atomic E-state index is 0.114. The molecule has 0 saturated carbocycles. The first-order valence-electron chi connectivity index (χ1n) is 4.71. The standard InChI is InChI=1S/C10H15NO4/c12-4-3-9(14)10(15)7-1-2-8(6-13)11-5-7/h1-2,5,9-10,12-15H,3-4,6H2. The highest BCUT2D eigenvalue weighted by atomic mass is 16.3. The molecule has 2 atom stereocenters. The summed E-state index contributed by atoms with van der Waals surface area (Å²) in [7, 11) is 0. The molecular formula is C10H15NO4. The normalized spacial score (nSPS) is 14.9. The maximum Gasteiger partial charge on any atom is 0.106 e. The van der Waals surface area contributed by atoms with E-state index in [2.05, 4.69) is 4.98 Å². The van der Waals surface area contributed by atoms with Crippen molar-refractivity contribution < 1.29 is 20.4 Å². The molecule has 0 aliphatic heterocycles. The number of hydrogen-bond donors (Lipinski definition) is 4. The Bertz CT molecular complexity index is 288. The Labute approximate surface area is 87.7 Å². The van der Waals surface area contributed by atoms with Gasteiger partial charge in [0, 0.05) is 18.4 Å². The summed E-state index contributed by atoms with van der Waals surface area (Å²) in [6.07, 6.45) is -0.547. The van der Waals surface area contributed by atoms with Gasteiger partial charge >= 0.3 is 0 Å². The minimum atomic E-state index is -1.06. The molecule has 0 radical (unpaired) electrons. The van der Waals surface area contributed by atoms with Crippen LogP contribution >= 0.6 is 0 Å². The monoisotopic (exact) mass is 213 g/mol. The minimum Gasteiger partial charge on any atom is -0.396 e. The van der Waals surface area contributed by atoms with Crippen LogP contribution in [0, 0.1) is 0 Å². The Morgan fingerprint density at radius 3 is 2.40 bits per heavy atom. The van der Waals surface area contributed by atoms with Gasteiger partial charge in [0.05, 0.1) is 18.4 Å². The van der Waals surface area contributed by atoms with Crippen molar-refractivity contribution in [2.24, 2.45) is 0 Å². The molecule has 2 unspecified atom stereocenters. The zero-order chi connectivity index (χ0) is 11.3. The lowest BCUT2D eigenvalue weighted by atomic mass is 10.0. The molecule has 1 aromatic heterocycles. The van der Waals surface area contributed by atoms with Crippen LogP contribution in [0.15, 0.2) is 18.3 Å². The smallest absolute Gasteiger partial charge is 0.106 e. The summed E-state index contributed by atoms with van der Waals surface area (Å²) in [5.74, 6) is 0. The van der Waals surface area contributed by atoms with Gasteiger partial charge < -0.3 is 20.4 Å². The van der Waals surface area contributed by atoms with Gasteiger partial charge in [0.1, 0.15) is 6.10 Å². The van der Waals surface area contributed by atoms with E-state index in [-0.39, 0.29) is 19.6 Å². The van der Waals surface area contributed by atoms with Gasteiger partial charge in [-0.05, 0) is 12.5 Å². The number of hydrogen-bond acceptors (Lipinski definition) is 5. The topological polar surface area (TPSA) is 93.8 Å². The highest BCUT2D eigenvalue weighted by Gasteiger charge is 2.17. The number of pyridine rings is 1. The van der Waals surface area contributed by atoms with Gasteiger partial charge in [-0.1, -0.05) is 6.07 Å². The van der Waals surface area contributed by atoms with Crippen LogP contribution in [-0.2, 0) is 6.61 Å². The summed E-state index contributed by atoms with van der Waals surface area (Å²) in [4.78, 5) is 3.88. The number of aliphatic hydroxyl groups excluding tert-OH is 4. The predicted molar refractivity (Wildman–Crippen MR) is 52.8 cm³/mol. The van der Waals surface area contributed by atoms with E-state index in [1.807, 2.05) is 0 Å². The first kappa shape index (κ1) is 12.1. The Balaban J connectivity index is 2.69. The second kappa shape index (κ2) is 5.77. The average molecular weight is 213 g/mol. The van der Waals surface area contributed by atoms with E-state index >= 15 is 0 Å². The number of aliphatic hydroxyl groups is 4. The van der Waals surface area contributed by atoms with Crippen molar-refractivity contribution in [3.63, 3.8) is 0 Å². The summed E-state index contributed by atoms with van der Waals surface area (Å²) in [5, 5.41) is 36.4. The summed E-state index contributed by atoms with van der Waals surface area (Å²) >= 11 is 0. The molecule has 1 rings (SSSR count). The van der Waals surface area contributed by atoms with E-state index in [1.54, 1.807) is 12.1 Å². The second-order valence-electron chi connectivity index (χ2n) is 3.27. The zero-order valence-corrected chi connectivity index (χ0v) is 8.24. The van der Waals surface area contributed by atoms with Crippen molar-refractivity contribution in [3.8, 4) is 0 Å². The molecule has 0 aliphatic carbocycles. The molecule has 84 valence electrons. The number of rotatable bonds is 5. The third-order valence-corrected chi connectivity index (χ3v) is 2.14. The molecule has 0 amide bonds. The van der Waals surface area contributed by atoms with Crippen LogP contribution in [0.2, 0.25) is 0 Å². The van der Waals surface area contributed by atoms with Gasteiger partial charge in [0.15, 0.2) is 0 Å². The van der Waals surface area contributed by atoms with Crippen LogP contribution in [0.1, 0.15) is 23.8 Å². The van der Waals surface area contributed by atoms with E-state index in [0.717, 1.165) is 0 Å². The van der Waals surface area contributed by atoms with Gasteiger partial charge in [-0.2, -0.15) is 0 Å². The fraction of sp³-hybridized carbons (Fsp3) is 0.500. The van der Waals surface area contributed by atoms with Gasteiger partial charge in [-0.25, -0.2) is 0 Å². The first-order chi connectivity index (χ1) is 7.19. The van der Waals surface area contributed by atoms with Crippen molar-refractivity contribution in [3.05, 3.63) is 29.6 Å². The Hall–Kier alpha value is -1.01. The third kappa shape index (κ3) is 3.24. The number of nitrogens with zero attached hydrogens (tertiary/aromatic N) is 1. The van der Waals surface area contributed by atoms with Gasteiger partial charge in [-0.3, -0.25) is 4.98 Å². The van der Waals surface area contributed by atoms with Crippen LogP contribution in [0.4, 0.5) is 0 Å². The lowest BCUT2D eigenvalue weighted by Gasteiger charge is -2.16. The van der Waals surface area contributed by atoms with Crippen molar-refractivity contribution in [2.75, 3.05) is 6.61 Å². The van der Waals surface area contributed by atoms with Crippen LogP contribution in [0.3, 0.4) is 0 Å². The van der Waals surface area contributed by atoms with Crippen molar-refractivity contribution in [1.29, 1.82) is 0 Å². The summed E-state index contributed by atoms with van der Waals surface area (Å²) in [6, 6.07) is 3.16. The molecule has 0 aromatic carbocycles. The van der Waals surface area contributed by atoms with Gasteiger partial charge in [0.25, 0.3) is 0 Å². The van der Waals surface area contributed by atoms with Crippen LogP contribution in [0.5, 0.6) is 0 Å². The molecule has 0 aliphatic rings. The Morgan fingerprint density at radius 1 is 1.20 bits per heavy atom. The average Bonchev–Trinajstić information content (AvgIpc) is 2.28. The van der Waals surface area contributed by atoms with Crippen LogP contribution < -0.4 is 0 Å². The molecular weight excluding hydrogens is 198 g/mol. The largest absolute Gasteiger partial charge is 0.396 e. The van der Waals surface area contributed by atoms with Crippen molar-refractivity contribution in [2.45, 2.75) is 25.2 Å². The van der Waals surface area contributed by atoms with Crippen LogP contribution in [-0.4, -0.2) is 38.1 Å². The maximum atomic E-state index is 9.62. The van der Waals surface area contributed by atoms with Crippen molar-refractivity contribution in [1.82, 2.24) is 4.98 Å². The molecule has 0 saturated heterocycles. The van der Waals surface area contributed by atoms with Crippen molar-refractivity contribution >= 4 is 0 Å². The molecule has 15 heavy (non-hydrogen) atoms. The van der Waals surface area contributed by atoms with E-state index in [9.17, 15) is 10.2 Å². The van der Waals surface area contributed by atoms with Gasteiger partial charge in [-0.15, -0.1) is 0 Å². The molecule has 0 fully saturated rings. The Kier molecular flexibility index (Phi) is 4.64. The SMILES string of the molecule is OCCC(O)C(O)c1ccc(CO)nc1. The molecule has 1 aromatic rings. The Morgan fingerprint density at radius 2 is 1.93 bits per heavy atom. The fourth-order valence-electron chi connectivity index (χ4n) is 1.22. The van der Waals surface area contributed by atoms with Crippen LogP contribution in [0.25, 0.3) is 0 Å². The van der Waals surface area contributed by atoms with E-state index in [1.165, 1.54) is 6.20 Å². The van der Waals surface area contributed by atoms with E-state index in [4.69, 9.17) is 10.2 Å². The van der Waals surface area contributed by atoms with Gasteiger partial charge in [0.2, 0.25) is 0 Å². The maximum absolute atomic E-state index is 9.62. The third-order valence-electron chi connectivity index (χ3n) is 2.14. The highest BCUT2D eigenvalue weighted by molar-refractivity contribution is 5.17. The quantitative estimate of drug-likeness (QED) is 0.521. The highest BCUT2D eigenvalue weighted by Crippen LogP contribution is 2.17. The molecule has 0 bridgehead atoms. The summed E-state index contributed by atoms with van der Waals surface area (Å²) in [5.41, 5.74) is 0.968. The van der Waals surface area contributed by atoms with E-state index in [0.29, 0.717) is 11.3 Å². The summed E-state index contributed by atoms with van der Waals surface area (Å²) in [6.45, 7) is -0.337. The molecule has 0 spiro atoms. The zero-order valence-electron chi connectivity index (χ0n) is 8.24. The summed E-state index contributed by atoms with van der Waals surface area (Å²) < 4.78 is 0. The van der Waals surface area contributed by atoms with E-state index < -0.39 is 12.2 Å². The molecule has 4 N–H and O–H groups in total. The first-order valence-corrected chi connectivity index (χ1v) is 4.71.